The van der Waals surface area contributed by atoms with Gasteiger partial charge in [0.1, 0.15) is 5.75 Å². The SMILES string of the molecule is CCOC(=O)N1CCN(C(c2cccc(OC)c2)c2sc3nc(CC)nn3c2O)CC1. The van der Waals surface area contributed by atoms with E-state index in [0.29, 0.717) is 50.0 Å². The monoisotopic (exact) mass is 445 g/mol. The lowest BCUT2D eigenvalue weighted by atomic mass is 10.0. The minimum absolute atomic E-state index is 0.104. The molecule has 31 heavy (non-hydrogen) atoms. The zero-order valence-corrected chi connectivity index (χ0v) is 18.8. The molecule has 1 aliphatic rings. The molecular weight excluding hydrogens is 418 g/mol. The number of aromatic nitrogens is 3. The lowest BCUT2D eigenvalue weighted by Crippen LogP contribution is -2.49. The number of carbonyl (C=O) groups excluding carboxylic acids is 1. The highest BCUT2D eigenvalue weighted by Crippen LogP contribution is 2.41. The summed E-state index contributed by atoms with van der Waals surface area (Å²) in [6.07, 6.45) is 0.423. The molecule has 3 aromatic rings. The predicted molar refractivity (Wildman–Crippen MR) is 117 cm³/mol. The van der Waals surface area contributed by atoms with Gasteiger partial charge in [0, 0.05) is 32.6 Å². The van der Waals surface area contributed by atoms with Crippen molar-refractivity contribution in [2.45, 2.75) is 26.3 Å². The van der Waals surface area contributed by atoms with Crippen LogP contribution in [0.15, 0.2) is 24.3 Å². The van der Waals surface area contributed by atoms with Gasteiger partial charge in [-0.3, -0.25) is 4.90 Å². The van der Waals surface area contributed by atoms with Crippen LogP contribution in [0.3, 0.4) is 0 Å². The van der Waals surface area contributed by atoms with E-state index in [4.69, 9.17) is 9.47 Å². The minimum Gasteiger partial charge on any atom is -0.497 e. The largest absolute Gasteiger partial charge is 0.497 e. The molecule has 1 fully saturated rings. The Morgan fingerprint density at radius 2 is 2.03 bits per heavy atom. The van der Waals surface area contributed by atoms with Crippen molar-refractivity contribution in [3.8, 4) is 11.6 Å². The van der Waals surface area contributed by atoms with Gasteiger partial charge < -0.3 is 19.5 Å². The fourth-order valence-corrected chi connectivity index (χ4v) is 4.97. The van der Waals surface area contributed by atoms with E-state index < -0.39 is 0 Å². The number of aromatic hydroxyl groups is 1. The Balaban J connectivity index is 1.68. The summed E-state index contributed by atoms with van der Waals surface area (Å²) in [4.78, 5) is 22.1. The van der Waals surface area contributed by atoms with Crippen LogP contribution in [0.25, 0.3) is 4.96 Å². The lowest BCUT2D eigenvalue weighted by molar-refractivity contribution is 0.0715. The molecule has 9 nitrogen and oxygen atoms in total. The highest BCUT2D eigenvalue weighted by atomic mass is 32.1. The van der Waals surface area contributed by atoms with E-state index in [1.807, 2.05) is 31.2 Å². The summed E-state index contributed by atoms with van der Waals surface area (Å²) < 4.78 is 12.1. The zero-order valence-electron chi connectivity index (χ0n) is 17.9. The lowest BCUT2D eigenvalue weighted by Gasteiger charge is -2.38. The number of benzene rings is 1. The predicted octanol–water partition coefficient (Wildman–Crippen LogP) is 2.93. The normalized spacial score (nSPS) is 15.9. The van der Waals surface area contributed by atoms with Crippen molar-refractivity contribution in [3.05, 3.63) is 40.5 Å². The first-order chi connectivity index (χ1) is 15.0. The van der Waals surface area contributed by atoms with E-state index in [1.54, 1.807) is 18.9 Å². The molecule has 3 heterocycles. The molecule has 1 saturated heterocycles. The summed E-state index contributed by atoms with van der Waals surface area (Å²) in [6, 6.07) is 7.64. The van der Waals surface area contributed by atoms with Gasteiger partial charge in [-0.05, 0) is 24.6 Å². The Hall–Kier alpha value is -2.85. The van der Waals surface area contributed by atoms with Gasteiger partial charge >= 0.3 is 6.09 Å². The Labute approximate surface area is 184 Å². The highest BCUT2D eigenvalue weighted by molar-refractivity contribution is 7.17. The Bertz CT molecular complexity index is 1060. The van der Waals surface area contributed by atoms with Crippen LogP contribution in [0.1, 0.15) is 36.2 Å². The molecule has 0 spiro atoms. The maximum atomic E-state index is 12.1. The third-order valence-electron chi connectivity index (χ3n) is 5.42. The molecule has 1 aromatic carbocycles. The van der Waals surface area contributed by atoms with E-state index in [2.05, 4.69) is 15.0 Å². The molecule has 0 radical (unpaired) electrons. The second-order valence-electron chi connectivity index (χ2n) is 7.27. The number of nitrogens with zero attached hydrogens (tertiary/aromatic N) is 5. The van der Waals surface area contributed by atoms with Crippen LogP contribution in [0, 0.1) is 0 Å². The van der Waals surface area contributed by atoms with E-state index >= 15 is 0 Å². The van der Waals surface area contributed by atoms with E-state index in [9.17, 15) is 9.90 Å². The number of methoxy groups -OCH3 is 1. The molecule has 1 aliphatic heterocycles. The fraction of sp³-hybridized carbons (Fsp3) is 0.476. The van der Waals surface area contributed by atoms with Gasteiger partial charge in [0.05, 0.1) is 24.6 Å². The number of aryl methyl sites for hydroxylation is 1. The second kappa shape index (κ2) is 9.11. The number of ether oxygens (including phenoxy) is 2. The Morgan fingerprint density at radius 3 is 2.68 bits per heavy atom. The number of hydrogen-bond donors (Lipinski definition) is 1. The van der Waals surface area contributed by atoms with Gasteiger partial charge in [0.2, 0.25) is 10.8 Å². The van der Waals surface area contributed by atoms with E-state index in [1.165, 1.54) is 15.9 Å². The van der Waals surface area contributed by atoms with Crippen LogP contribution in [-0.2, 0) is 11.2 Å². The Morgan fingerprint density at radius 1 is 1.26 bits per heavy atom. The third kappa shape index (κ3) is 4.17. The van der Waals surface area contributed by atoms with Crippen molar-refractivity contribution in [1.29, 1.82) is 0 Å². The van der Waals surface area contributed by atoms with Gasteiger partial charge in [-0.1, -0.05) is 30.4 Å². The summed E-state index contributed by atoms with van der Waals surface area (Å²) in [5, 5.41) is 15.4. The van der Waals surface area contributed by atoms with Crippen molar-refractivity contribution in [2.24, 2.45) is 0 Å². The van der Waals surface area contributed by atoms with Gasteiger partial charge in [-0.15, -0.1) is 5.10 Å². The molecule has 0 aliphatic carbocycles. The van der Waals surface area contributed by atoms with Gasteiger partial charge in [-0.2, -0.15) is 4.52 Å². The number of thiazole rings is 1. The fourth-order valence-electron chi connectivity index (χ4n) is 3.84. The van der Waals surface area contributed by atoms with Gasteiger partial charge in [0.25, 0.3) is 0 Å². The molecule has 2 aromatic heterocycles. The summed E-state index contributed by atoms with van der Waals surface area (Å²) in [5.74, 6) is 1.56. The van der Waals surface area contributed by atoms with Gasteiger partial charge in [-0.25, -0.2) is 9.78 Å². The number of piperazine rings is 1. The zero-order chi connectivity index (χ0) is 22.0. The topological polar surface area (TPSA) is 92.4 Å². The third-order valence-corrected chi connectivity index (χ3v) is 6.50. The van der Waals surface area contributed by atoms with Crippen LogP contribution in [0.5, 0.6) is 11.6 Å². The summed E-state index contributed by atoms with van der Waals surface area (Å²) in [7, 11) is 1.64. The van der Waals surface area contributed by atoms with Gasteiger partial charge in [0.15, 0.2) is 5.82 Å². The van der Waals surface area contributed by atoms with Crippen LogP contribution in [-0.4, -0.2) is 75.5 Å². The number of amides is 1. The van der Waals surface area contributed by atoms with Crippen LogP contribution in [0.4, 0.5) is 4.79 Å². The number of hydrogen-bond acceptors (Lipinski definition) is 8. The van der Waals surface area contributed by atoms with Crippen LogP contribution < -0.4 is 4.74 Å². The molecule has 1 unspecified atom stereocenters. The highest BCUT2D eigenvalue weighted by Gasteiger charge is 2.33. The van der Waals surface area contributed by atoms with Crippen molar-refractivity contribution in [1.82, 2.24) is 24.4 Å². The number of rotatable bonds is 6. The van der Waals surface area contributed by atoms with Crippen molar-refractivity contribution in [3.63, 3.8) is 0 Å². The maximum Gasteiger partial charge on any atom is 0.409 e. The maximum absolute atomic E-state index is 12.1. The number of carbonyl (C=O) groups is 1. The average Bonchev–Trinajstić information content (AvgIpc) is 3.34. The minimum atomic E-state index is -0.284. The molecular formula is C21H27N5O4S. The Kier molecular flexibility index (Phi) is 6.28. The molecule has 1 N–H and O–H groups in total. The van der Waals surface area contributed by atoms with E-state index in [-0.39, 0.29) is 18.0 Å². The first kappa shape index (κ1) is 21.4. The molecule has 1 atom stereocenters. The summed E-state index contributed by atoms with van der Waals surface area (Å²) in [5.41, 5.74) is 0.999. The van der Waals surface area contributed by atoms with Crippen LogP contribution in [0.2, 0.25) is 0 Å². The smallest absolute Gasteiger partial charge is 0.409 e. The molecule has 1 amide bonds. The first-order valence-corrected chi connectivity index (χ1v) is 11.2. The summed E-state index contributed by atoms with van der Waals surface area (Å²) >= 11 is 1.44. The van der Waals surface area contributed by atoms with Crippen molar-refractivity contribution < 1.29 is 19.4 Å². The first-order valence-electron chi connectivity index (χ1n) is 10.4. The molecule has 166 valence electrons. The second-order valence-corrected chi connectivity index (χ2v) is 8.28. The molecule has 10 heteroatoms. The molecule has 0 bridgehead atoms. The molecule has 4 rings (SSSR count). The van der Waals surface area contributed by atoms with E-state index in [0.717, 1.165) is 16.2 Å². The quantitative estimate of drug-likeness (QED) is 0.624. The summed E-state index contributed by atoms with van der Waals surface area (Å²) in [6.45, 7) is 6.56. The van der Waals surface area contributed by atoms with Crippen molar-refractivity contribution in [2.75, 3.05) is 39.9 Å². The average molecular weight is 446 g/mol. The standard InChI is InChI=1S/C21H27N5O4S/c1-4-16-22-20-26(23-16)19(27)18(31-20)17(14-7-6-8-15(13-14)29-3)24-9-11-25(12-10-24)21(28)30-5-2/h6-8,13,17,27H,4-5,9-12H2,1-3H3. The number of fused-ring (bicyclic) bond motifs is 1. The van der Waals surface area contributed by atoms with Crippen molar-refractivity contribution >= 4 is 22.4 Å². The molecule has 0 saturated carbocycles. The van der Waals surface area contributed by atoms with Crippen LogP contribution >= 0.6 is 11.3 Å².